The van der Waals surface area contributed by atoms with Crippen LogP contribution < -0.4 is 9.64 Å². The average Bonchev–Trinajstić information content (AvgIpc) is 3.26. The summed E-state index contributed by atoms with van der Waals surface area (Å²) in [6.07, 6.45) is 0. The molecule has 0 aliphatic carbocycles. The molecular weight excluding hydrogens is 470 g/mol. The number of ether oxygens (including phenoxy) is 1. The summed E-state index contributed by atoms with van der Waals surface area (Å²) in [6.45, 7) is 7.43. The molecule has 0 saturated carbocycles. The predicted molar refractivity (Wildman–Crippen MR) is 147 cm³/mol. The molecule has 1 aliphatic rings. The molecule has 1 fully saturated rings. The number of anilines is 1. The second-order valence-electron chi connectivity index (χ2n) is 8.86. The van der Waals surface area contributed by atoms with Crippen LogP contribution in [0.4, 0.5) is 5.69 Å². The summed E-state index contributed by atoms with van der Waals surface area (Å²) in [7, 11) is 0. The second-order valence-corrected chi connectivity index (χ2v) is 9.27. The lowest BCUT2D eigenvalue weighted by molar-refractivity contribution is 0.0746. The molecule has 4 aromatic rings. The first-order valence-electron chi connectivity index (χ1n) is 12.4. The number of hydrogen-bond donors (Lipinski definition) is 0. The molecule has 0 unspecified atom stereocenters. The van der Waals surface area contributed by atoms with Crippen LogP contribution in [0.2, 0.25) is 5.02 Å². The number of carbonyl (C=O) groups excluding carboxylic acids is 1. The predicted octanol–water partition coefficient (Wildman–Crippen LogP) is 6.47. The molecule has 1 saturated heterocycles. The third kappa shape index (κ3) is 4.59. The van der Waals surface area contributed by atoms with Crippen molar-refractivity contribution in [3.63, 3.8) is 0 Å². The molecule has 5 nitrogen and oxygen atoms in total. The van der Waals surface area contributed by atoms with E-state index < -0.39 is 0 Å². The molecule has 0 atom stereocenters. The SMILES string of the molecule is CCOc1ccccc1N1CCN(C(=O)c2cc(-c3ccccc3)n(-c3ccccc3Cl)c2C)CC1. The van der Waals surface area contributed by atoms with Crippen LogP contribution in [0.15, 0.2) is 84.9 Å². The van der Waals surface area contributed by atoms with Gasteiger partial charge < -0.3 is 19.1 Å². The fourth-order valence-electron chi connectivity index (χ4n) is 4.90. The van der Waals surface area contributed by atoms with E-state index in [-0.39, 0.29) is 5.91 Å². The van der Waals surface area contributed by atoms with Crippen molar-refractivity contribution in [1.82, 2.24) is 9.47 Å². The standard InChI is InChI=1S/C30H30ClN3O2/c1-3-36-29-16-10-9-15-27(29)32-17-19-33(20-18-32)30(35)24-21-28(23-11-5-4-6-12-23)34(22(24)2)26-14-8-7-13-25(26)31/h4-16,21H,3,17-20H2,1-2H3. The summed E-state index contributed by atoms with van der Waals surface area (Å²) in [5.74, 6) is 0.938. The summed E-state index contributed by atoms with van der Waals surface area (Å²) in [5, 5.41) is 0.647. The molecule has 0 bridgehead atoms. The molecule has 0 spiro atoms. The van der Waals surface area contributed by atoms with Crippen LogP contribution in [0.1, 0.15) is 23.0 Å². The number of hydrogen-bond acceptors (Lipinski definition) is 3. The minimum absolute atomic E-state index is 0.0493. The molecule has 1 aliphatic heterocycles. The van der Waals surface area contributed by atoms with E-state index in [0.717, 1.165) is 47.2 Å². The highest BCUT2D eigenvalue weighted by atomic mass is 35.5. The first kappa shape index (κ1) is 24.0. The molecular formula is C30H30ClN3O2. The Kier molecular flexibility index (Phi) is 7.01. The highest BCUT2D eigenvalue weighted by Gasteiger charge is 2.27. The number of para-hydroxylation sites is 3. The third-order valence-electron chi connectivity index (χ3n) is 6.71. The molecule has 0 radical (unpaired) electrons. The Morgan fingerprint density at radius 1 is 0.861 bits per heavy atom. The zero-order valence-corrected chi connectivity index (χ0v) is 21.4. The third-order valence-corrected chi connectivity index (χ3v) is 7.03. The summed E-state index contributed by atoms with van der Waals surface area (Å²) >= 11 is 6.61. The van der Waals surface area contributed by atoms with E-state index in [0.29, 0.717) is 30.3 Å². The van der Waals surface area contributed by atoms with Gasteiger partial charge in [-0.05, 0) is 49.7 Å². The number of nitrogens with zero attached hydrogens (tertiary/aromatic N) is 3. The first-order valence-corrected chi connectivity index (χ1v) is 12.7. The van der Waals surface area contributed by atoms with Crippen LogP contribution >= 0.6 is 11.6 Å². The van der Waals surface area contributed by atoms with Crippen LogP contribution in [0.3, 0.4) is 0 Å². The summed E-state index contributed by atoms with van der Waals surface area (Å²) in [5.41, 5.74) is 5.53. The lowest BCUT2D eigenvalue weighted by Crippen LogP contribution is -2.49. The van der Waals surface area contributed by atoms with Gasteiger partial charge in [0, 0.05) is 31.9 Å². The Balaban J connectivity index is 1.44. The Bertz CT molecular complexity index is 1360. The van der Waals surface area contributed by atoms with E-state index in [1.165, 1.54) is 0 Å². The molecule has 1 amide bonds. The molecule has 0 N–H and O–H groups in total. The number of amides is 1. The van der Waals surface area contributed by atoms with E-state index in [2.05, 4.69) is 27.7 Å². The minimum atomic E-state index is 0.0493. The molecule has 36 heavy (non-hydrogen) atoms. The van der Waals surface area contributed by atoms with Crippen molar-refractivity contribution in [3.05, 3.63) is 101 Å². The zero-order chi connectivity index (χ0) is 25.1. The number of rotatable bonds is 6. The van der Waals surface area contributed by atoms with E-state index >= 15 is 0 Å². The monoisotopic (exact) mass is 499 g/mol. The maximum Gasteiger partial charge on any atom is 0.255 e. The van der Waals surface area contributed by atoms with Crippen molar-refractivity contribution in [1.29, 1.82) is 0 Å². The maximum absolute atomic E-state index is 13.8. The average molecular weight is 500 g/mol. The minimum Gasteiger partial charge on any atom is -0.492 e. The van der Waals surface area contributed by atoms with E-state index in [1.807, 2.05) is 85.5 Å². The molecule has 2 heterocycles. The van der Waals surface area contributed by atoms with Crippen LogP contribution in [-0.2, 0) is 0 Å². The number of benzene rings is 3. The molecule has 6 heteroatoms. The lowest BCUT2D eigenvalue weighted by atomic mass is 10.1. The van der Waals surface area contributed by atoms with Gasteiger partial charge in [0.25, 0.3) is 5.91 Å². The van der Waals surface area contributed by atoms with E-state index in [1.54, 1.807) is 0 Å². The van der Waals surface area contributed by atoms with Gasteiger partial charge in [0.2, 0.25) is 0 Å². The van der Waals surface area contributed by atoms with Crippen LogP contribution in [-0.4, -0.2) is 48.2 Å². The number of aromatic nitrogens is 1. The van der Waals surface area contributed by atoms with Gasteiger partial charge in [-0.1, -0.05) is 66.2 Å². The Labute approximate surface area is 217 Å². The first-order chi connectivity index (χ1) is 17.6. The largest absolute Gasteiger partial charge is 0.492 e. The Hall–Kier alpha value is -3.70. The second kappa shape index (κ2) is 10.5. The van der Waals surface area contributed by atoms with Crippen molar-refractivity contribution in [3.8, 4) is 22.7 Å². The van der Waals surface area contributed by atoms with Crippen LogP contribution in [0.25, 0.3) is 16.9 Å². The quantitative estimate of drug-likeness (QED) is 0.305. The summed E-state index contributed by atoms with van der Waals surface area (Å²) in [4.78, 5) is 18.0. The van der Waals surface area contributed by atoms with Crippen molar-refractivity contribution in [2.75, 3.05) is 37.7 Å². The van der Waals surface area contributed by atoms with Gasteiger partial charge in [0.05, 0.1) is 34.3 Å². The van der Waals surface area contributed by atoms with Crippen molar-refractivity contribution < 1.29 is 9.53 Å². The summed E-state index contributed by atoms with van der Waals surface area (Å²) < 4.78 is 7.92. The summed E-state index contributed by atoms with van der Waals surface area (Å²) in [6, 6.07) is 28.0. The highest BCUT2D eigenvalue weighted by Crippen LogP contribution is 2.34. The lowest BCUT2D eigenvalue weighted by Gasteiger charge is -2.36. The van der Waals surface area contributed by atoms with Crippen LogP contribution in [0.5, 0.6) is 5.75 Å². The maximum atomic E-state index is 13.8. The molecule has 5 rings (SSSR count). The van der Waals surface area contributed by atoms with Gasteiger partial charge in [0.1, 0.15) is 5.75 Å². The Morgan fingerprint density at radius 2 is 1.50 bits per heavy atom. The van der Waals surface area contributed by atoms with E-state index in [4.69, 9.17) is 16.3 Å². The topological polar surface area (TPSA) is 37.7 Å². The molecule has 184 valence electrons. The number of halogens is 1. The molecule has 3 aromatic carbocycles. The zero-order valence-electron chi connectivity index (χ0n) is 20.7. The van der Waals surface area contributed by atoms with Gasteiger partial charge in [-0.3, -0.25) is 4.79 Å². The highest BCUT2D eigenvalue weighted by molar-refractivity contribution is 6.32. The van der Waals surface area contributed by atoms with Gasteiger partial charge in [-0.25, -0.2) is 0 Å². The van der Waals surface area contributed by atoms with Gasteiger partial charge in [-0.15, -0.1) is 0 Å². The Morgan fingerprint density at radius 3 is 2.19 bits per heavy atom. The van der Waals surface area contributed by atoms with Gasteiger partial charge in [-0.2, -0.15) is 0 Å². The van der Waals surface area contributed by atoms with E-state index in [9.17, 15) is 4.79 Å². The van der Waals surface area contributed by atoms with Crippen LogP contribution in [0, 0.1) is 6.92 Å². The fraction of sp³-hybridized carbons (Fsp3) is 0.233. The fourth-order valence-corrected chi connectivity index (χ4v) is 5.13. The number of carbonyl (C=O) groups is 1. The van der Waals surface area contributed by atoms with Gasteiger partial charge >= 0.3 is 0 Å². The number of piperazine rings is 1. The molecule has 1 aromatic heterocycles. The van der Waals surface area contributed by atoms with Crippen molar-refractivity contribution >= 4 is 23.2 Å². The van der Waals surface area contributed by atoms with Gasteiger partial charge in [0.15, 0.2) is 0 Å². The smallest absolute Gasteiger partial charge is 0.255 e. The normalized spacial score (nSPS) is 13.6. The van der Waals surface area contributed by atoms with Crippen molar-refractivity contribution in [2.45, 2.75) is 13.8 Å². The van der Waals surface area contributed by atoms with Crippen molar-refractivity contribution in [2.24, 2.45) is 0 Å².